The van der Waals surface area contributed by atoms with Crippen molar-refractivity contribution in [3.05, 3.63) is 41.7 Å². The second-order valence-electron chi connectivity index (χ2n) is 6.15. The van der Waals surface area contributed by atoms with Crippen LogP contribution in [0.4, 0.5) is 0 Å². The number of tetrazole rings is 1. The zero-order chi connectivity index (χ0) is 17.6. The molecule has 1 aliphatic heterocycles. The summed E-state index contributed by atoms with van der Waals surface area (Å²) in [6.45, 7) is 6.57. The van der Waals surface area contributed by atoms with E-state index >= 15 is 0 Å². The Balaban J connectivity index is 1.91. The van der Waals surface area contributed by atoms with E-state index in [0.29, 0.717) is 37.1 Å². The van der Waals surface area contributed by atoms with Gasteiger partial charge >= 0.3 is 0 Å². The van der Waals surface area contributed by atoms with Crippen LogP contribution in [0, 0.1) is 12.8 Å². The lowest BCUT2D eigenvalue weighted by Crippen LogP contribution is -2.37. The first kappa shape index (κ1) is 17.3. The minimum atomic E-state index is -0.0753. The van der Waals surface area contributed by atoms with Gasteiger partial charge in [0.05, 0.1) is 6.61 Å². The molecule has 0 N–H and O–H groups in total. The van der Waals surface area contributed by atoms with Crippen LogP contribution in [-0.2, 0) is 9.53 Å². The van der Waals surface area contributed by atoms with Crippen molar-refractivity contribution >= 4 is 17.7 Å². The van der Waals surface area contributed by atoms with E-state index in [9.17, 15) is 4.79 Å². The molecule has 1 saturated heterocycles. The topological polar surface area (TPSA) is 73.1 Å². The van der Waals surface area contributed by atoms with Crippen molar-refractivity contribution < 1.29 is 9.53 Å². The summed E-state index contributed by atoms with van der Waals surface area (Å²) in [6, 6.07) is 9.73. The molecule has 7 heteroatoms. The molecule has 0 saturated carbocycles. The zero-order valence-electron chi connectivity index (χ0n) is 14.6. The van der Waals surface area contributed by atoms with Crippen LogP contribution >= 0.6 is 0 Å². The zero-order valence-corrected chi connectivity index (χ0v) is 14.6. The fourth-order valence-corrected chi connectivity index (χ4v) is 2.93. The van der Waals surface area contributed by atoms with E-state index in [1.54, 1.807) is 6.92 Å². The first-order valence-electron chi connectivity index (χ1n) is 8.58. The van der Waals surface area contributed by atoms with Crippen LogP contribution in [0.15, 0.2) is 30.3 Å². The highest BCUT2D eigenvalue weighted by Gasteiger charge is 2.25. The van der Waals surface area contributed by atoms with Gasteiger partial charge in [-0.1, -0.05) is 30.3 Å². The van der Waals surface area contributed by atoms with E-state index in [2.05, 4.69) is 15.5 Å². The van der Waals surface area contributed by atoms with Gasteiger partial charge in [0, 0.05) is 25.6 Å². The number of nitrogens with zero attached hydrogens (tertiary/aromatic N) is 5. The number of hydrogen-bond donors (Lipinski definition) is 0. The minimum Gasteiger partial charge on any atom is -0.381 e. The fraction of sp³-hybridized carbons (Fsp3) is 0.444. The van der Waals surface area contributed by atoms with Gasteiger partial charge in [-0.25, -0.2) is 0 Å². The molecule has 1 aromatic carbocycles. The van der Waals surface area contributed by atoms with Gasteiger partial charge in [-0.3, -0.25) is 4.79 Å². The number of aryl methyl sites for hydroxylation is 1. The third kappa shape index (κ3) is 4.11. The molecule has 3 rings (SSSR count). The molecular formula is C18H23N5O2. The van der Waals surface area contributed by atoms with Gasteiger partial charge in [-0.15, -0.1) is 5.10 Å². The SMILES string of the molecule is CCN(CC1CCOC1)C(=O)/C(=C/c1ccccc1)n1nnnc1C. The van der Waals surface area contributed by atoms with Crippen LogP contribution in [0.25, 0.3) is 11.8 Å². The monoisotopic (exact) mass is 341 g/mol. The van der Waals surface area contributed by atoms with Crippen molar-refractivity contribution in [2.45, 2.75) is 20.3 Å². The predicted molar refractivity (Wildman–Crippen MR) is 94.3 cm³/mol. The number of rotatable bonds is 6. The van der Waals surface area contributed by atoms with Gasteiger partial charge < -0.3 is 9.64 Å². The van der Waals surface area contributed by atoms with Crippen molar-refractivity contribution in [2.24, 2.45) is 5.92 Å². The Morgan fingerprint density at radius 1 is 1.40 bits per heavy atom. The summed E-state index contributed by atoms with van der Waals surface area (Å²) in [5, 5.41) is 11.6. The first-order chi connectivity index (χ1) is 12.2. The maximum Gasteiger partial charge on any atom is 0.272 e. The Morgan fingerprint density at radius 2 is 2.20 bits per heavy atom. The summed E-state index contributed by atoms with van der Waals surface area (Å²) >= 11 is 0. The molecule has 1 atom stereocenters. The van der Waals surface area contributed by atoms with Crippen molar-refractivity contribution in [3.63, 3.8) is 0 Å². The number of carbonyl (C=O) groups excluding carboxylic acids is 1. The van der Waals surface area contributed by atoms with Gasteiger partial charge in [-0.2, -0.15) is 4.68 Å². The van der Waals surface area contributed by atoms with Crippen LogP contribution in [0.1, 0.15) is 24.7 Å². The largest absolute Gasteiger partial charge is 0.381 e. The van der Waals surface area contributed by atoms with Crippen LogP contribution in [0.3, 0.4) is 0 Å². The Labute approximate surface area is 147 Å². The second-order valence-corrected chi connectivity index (χ2v) is 6.15. The van der Waals surface area contributed by atoms with E-state index in [0.717, 1.165) is 18.6 Å². The number of hydrogen-bond acceptors (Lipinski definition) is 5. The molecule has 25 heavy (non-hydrogen) atoms. The molecule has 0 aliphatic carbocycles. The van der Waals surface area contributed by atoms with Crippen molar-refractivity contribution in [2.75, 3.05) is 26.3 Å². The lowest BCUT2D eigenvalue weighted by atomic mass is 10.1. The van der Waals surface area contributed by atoms with Gasteiger partial charge in [0.15, 0.2) is 5.82 Å². The molecule has 0 spiro atoms. The van der Waals surface area contributed by atoms with Crippen LogP contribution in [-0.4, -0.2) is 57.3 Å². The van der Waals surface area contributed by atoms with E-state index in [4.69, 9.17) is 4.74 Å². The lowest BCUT2D eigenvalue weighted by molar-refractivity contribution is -0.125. The van der Waals surface area contributed by atoms with Crippen LogP contribution in [0.5, 0.6) is 0 Å². The molecule has 7 nitrogen and oxygen atoms in total. The summed E-state index contributed by atoms with van der Waals surface area (Å²) in [4.78, 5) is 15.1. The molecule has 1 amide bonds. The van der Waals surface area contributed by atoms with Crippen molar-refractivity contribution in [1.29, 1.82) is 0 Å². The molecule has 2 heterocycles. The first-order valence-corrected chi connectivity index (χ1v) is 8.58. The molecule has 2 aromatic rings. The Hall–Kier alpha value is -2.54. The summed E-state index contributed by atoms with van der Waals surface area (Å²) < 4.78 is 6.94. The van der Waals surface area contributed by atoms with Crippen LogP contribution in [0.2, 0.25) is 0 Å². The van der Waals surface area contributed by atoms with E-state index in [1.165, 1.54) is 4.68 Å². The summed E-state index contributed by atoms with van der Waals surface area (Å²) in [5.41, 5.74) is 1.38. The number of carbonyl (C=O) groups is 1. The summed E-state index contributed by atoms with van der Waals surface area (Å²) in [5.74, 6) is 0.890. The normalized spacial score (nSPS) is 17.7. The average molecular weight is 341 g/mol. The highest BCUT2D eigenvalue weighted by atomic mass is 16.5. The Kier molecular flexibility index (Phi) is 5.55. The number of likely N-dealkylation sites (N-methyl/N-ethyl adjacent to an activating group) is 1. The summed E-state index contributed by atoms with van der Waals surface area (Å²) in [6.07, 6.45) is 2.82. The summed E-state index contributed by atoms with van der Waals surface area (Å²) in [7, 11) is 0. The molecule has 0 radical (unpaired) electrons. The molecule has 132 valence electrons. The van der Waals surface area contributed by atoms with Gasteiger partial charge in [0.2, 0.25) is 0 Å². The maximum atomic E-state index is 13.2. The highest BCUT2D eigenvalue weighted by Crippen LogP contribution is 2.19. The van der Waals surface area contributed by atoms with E-state index in [1.807, 2.05) is 48.2 Å². The standard InChI is InChI=1S/C18H23N5O2/c1-3-22(12-16-9-10-25-13-16)18(24)17(23-14(2)19-20-21-23)11-15-7-5-4-6-8-15/h4-8,11,16H,3,9-10,12-13H2,1-2H3/b17-11-. The average Bonchev–Trinajstić information content (AvgIpc) is 3.29. The van der Waals surface area contributed by atoms with Crippen molar-refractivity contribution in [1.82, 2.24) is 25.1 Å². The third-order valence-corrected chi connectivity index (χ3v) is 4.35. The van der Waals surface area contributed by atoms with E-state index in [-0.39, 0.29) is 5.91 Å². The molecular weight excluding hydrogens is 318 g/mol. The highest BCUT2D eigenvalue weighted by molar-refractivity contribution is 6.18. The molecule has 1 aliphatic rings. The van der Waals surface area contributed by atoms with Gasteiger partial charge in [-0.05, 0) is 42.3 Å². The number of amides is 1. The maximum absolute atomic E-state index is 13.2. The fourth-order valence-electron chi connectivity index (χ4n) is 2.93. The number of aromatic nitrogens is 4. The van der Waals surface area contributed by atoms with Crippen molar-refractivity contribution in [3.8, 4) is 0 Å². The van der Waals surface area contributed by atoms with Gasteiger partial charge in [0.1, 0.15) is 5.70 Å². The molecule has 0 bridgehead atoms. The molecule has 1 fully saturated rings. The Bertz CT molecular complexity index is 735. The number of ether oxygens (including phenoxy) is 1. The molecule has 1 aromatic heterocycles. The quantitative estimate of drug-likeness (QED) is 0.750. The lowest BCUT2D eigenvalue weighted by Gasteiger charge is -2.25. The second kappa shape index (κ2) is 8.02. The van der Waals surface area contributed by atoms with E-state index < -0.39 is 0 Å². The smallest absolute Gasteiger partial charge is 0.272 e. The van der Waals surface area contributed by atoms with Crippen LogP contribution < -0.4 is 0 Å². The predicted octanol–water partition coefficient (Wildman–Crippen LogP) is 1.86. The molecule has 1 unspecified atom stereocenters. The Morgan fingerprint density at radius 3 is 2.80 bits per heavy atom. The number of benzene rings is 1. The minimum absolute atomic E-state index is 0.0753. The third-order valence-electron chi connectivity index (χ3n) is 4.35. The van der Waals surface area contributed by atoms with Gasteiger partial charge in [0.25, 0.3) is 5.91 Å².